The van der Waals surface area contributed by atoms with E-state index in [9.17, 15) is 0 Å². The summed E-state index contributed by atoms with van der Waals surface area (Å²) in [7, 11) is 0. The normalized spacial score (nSPS) is 11.9. The number of hydrogen-bond donors (Lipinski definition) is 0. The van der Waals surface area contributed by atoms with Crippen molar-refractivity contribution in [2.24, 2.45) is 0 Å². The summed E-state index contributed by atoms with van der Waals surface area (Å²) in [5.41, 5.74) is 0. The summed E-state index contributed by atoms with van der Waals surface area (Å²) >= 11 is 10.1. The van der Waals surface area contributed by atoms with Gasteiger partial charge in [0.25, 0.3) is 0 Å². The highest BCUT2D eigenvalue weighted by Crippen LogP contribution is 2.44. The maximum Gasteiger partial charge on any atom is 0.0412 e. The fraction of sp³-hybridized carbons (Fsp3) is 0. The van der Waals surface area contributed by atoms with Gasteiger partial charge in [0.15, 0.2) is 0 Å². The molecule has 0 fully saturated rings. The van der Waals surface area contributed by atoms with Crippen molar-refractivity contribution >= 4 is 81.4 Å². The molecule has 0 radical (unpaired) electrons. The molecular weight excluding hydrogens is 428 g/mol. The first kappa shape index (κ1) is 16.4. The Morgan fingerprint density at radius 3 is 1.64 bits per heavy atom. The Kier molecular flexibility index (Phi) is 3.47. The number of fused-ring (bicyclic) bond motifs is 11. The molecule has 0 heterocycles. The molecule has 28 heavy (non-hydrogen) atoms. The van der Waals surface area contributed by atoms with Gasteiger partial charge in [-0.25, -0.2) is 0 Å². The van der Waals surface area contributed by atoms with Crippen molar-refractivity contribution in [3.8, 4) is 0 Å². The van der Waals surface area contributed by atoms with E-state index in [1.165, 1.54) is 53.9 Å². The highest BCUT2D eigenvalue weighted by atomic mass is 79.9. The molecule has 6 aromatic carbocycles. The zero-order valence-electron chi connectivity index (χ0n) is 14.8. The van der Waals surface area contributed by atoms with Crippen LogP contribution in [0.1, 0.15) is 0 Å². The second-order valence-corrected chi connectivity index (χ2v) is 8.57. The minimum Gasteiger partial charge on any atom is -0.0843 e. The fourth-order valence-electron chi connectivity index (χ4n) is 4.62. The maximum atomic E-state index is 6.46. The van der Waals surface area contributed by atoms with E-state index in [0.29, 0.717) is 0 Å². The van der Waals surface area contributed by atoms with Crippen molar-refractivity contribution in [2.45, 2.75) is 0 Å². The minimum absolute atomic E-state index is 0.764. The van der Waals surface area contributed by atoms with E-state index in [4.69, 9.17) is 11.6 Å². The lowest BCUT2D eigenvalue weighted by atomic mass is 9.87. The zero-order valence-corrected chi connectivity index (χ0v) is 17.2. The summed E-state index contributed by atoms with van der Waals surface area (Å²) < 4.78 is 1.08. The van der Waals surface area contributed by atoms with Gasteiger partial charge in [0.1, 0.15) is 0 Å². The highest BCUT2D eigenvalue weighted by Gasteiger charge is 2.15. The van der Waals surface area contributed by atoms with Crippen molar-refractivity contribution in [3.63, 3.8) is 0 Å². The monoisotopic (exact) mass is 440 g/mol. The third-order valence-corrected chi connectivity index (χ3v) is 6.45. The average Bonchev–Trinajstić information content (AvgIpc) is 2.73. The molecule has 0 saturated heterocycles. The number of benzene rings is 6. The molecule has 0 aromatic heterocycles. The fourth-order valence-corrected chi connectivity index (χ4v) is 5.15. The van der Waals surface area contributed by atoms with Gasteiger partial charge in [0.05, 0.1) is 0 Å². The lowest BCUT2D eigenvalue weighted by Gasteiger charge is -2.16. The molecule has 6 aromatic rings. The Labute approximate surface area is 175 Å². The summed E-state index contributed by atoms with van der Waals surface area (Å²) in [6.45, 7) is 0. The third kappa shape index (κ3) is 2.18. The summed E-state index contributed by atoms with van der Waals surface area (Å²) in [5, 5.41) is 13.4. The van der Waals surface area contributed by atoms with Gasteiger partial charge < -0.3 is 0 Å². The van der Waals surface area contributed by atoms with Crippen LogP contribution in [0.25, 0.3) is 53.9 Å². The number of hydrogen-bond acceptors (Lipinski definition) is 0. The molecule has 0 bridgehead atoms. The Morgan fingerprint density at radius 2 is 0.964 bits per heavy atom. The topological polar surface area (TPSA) is 0 Å². The van der Waals surface area contributed by atoms with Crippen molar-refractivity contribution in [3.05, 3.63) is 94.4 Å². The molecule has 0 aliphatic carbocycles. The van der Waals surface area contributed by atoms with Crippen LogP contribution in [0, 0.1) is 0 Å². The molecule has 132 valence electrons. The van der Waals surface area contributed by atoms with Crippen LogP contribution in [0.4, 0.5) is 0 Å². The first-order valence-electron chi connectivity index (χ1n) is 9.26. The molecule has 0 aliphatic heterocycles. The van der Waals surface area contributed by atoms with E-state index in [1.807, 2.05) is 6.07 Å². The largest absolute Gasteiger partial charge is 0.0843 e. The second kappa shape index (κ2) is 5.94. The van der Waals surface area contributed by atoms with E-state index in [-0.39, 0.29) is 0 Å². The SMILES string of the molecule is Clc1ccc2c3cc(Br)ccc3c3c4ccccc4c4ccccc4c3c2c1. The Bertz CT molecular complexity index is 1580. The third-order valence-electron chi connectivity index (χ3n) is 5.73. The van der Waals surface area contributed by atoms with Crippen LogP contribution in [0.15, 0.2) is 89.4 Å². The lowest BCUT2D eigenvalue weighted by molar-refractivity contribution is 1.74. The Morgan fingerprint density at radius 1 is 0.464 bits per heavy atom. The number of halogens is 2. The molecule has 2 heteroatoms. The smallest absolute Gasteiger partial charge is 0.0412 e. The molecule has 0 aliphatic rings. The molecule has 0 nitrogen and oxygen atoms in total. The van der Waals surface area contributed by atoms with Crippen molar-refractivity contribution in [1.82, 2.24) is 0 Å². The molecule has 0 N–H and O–H groups in total. The van der Waals surface area contributed by atoms with Crippen LogP contribution in [-0.4, -0.2) is 0 Å². The van der Waals surface area contributed by atoms with Crippen LogP contribution in [-0.2, 0) is 0 Å². The minimum atomic E-state index is 0.764. The van der Waals surface area contributed by atoms with Gasteiger partial charge in [-0.2, -0.15) is 0 Å². The van der Waals surface area contributed by atoms with Crippen LogP contribution in [0.5, 0.6) is 0 Å². The van der Waals surface area contributed by atoms with Gasteiger partial charge in [-0.1, -0.05) is 88.2 Å². The lowest BCUT2D eigenvalue weighted by Crippen LogP contribution is -1.88. The van der Waals surface area contributed by atoms with Crippen LogP contribution >= 0.6 is 27.5 Å². The van der Waals surface area contributed by atoms with Crippen molar-refractivity contribution < 1.29 is 0 Å². The van der Waals surface area contributed by atoms with Crippen LogP contribution in [0.2, 0.25) is 5.02 Å². The van der Waals surface area contributed by atoms with E-state index in [0.717, 1.165) is 9.50 Å². The van der Waals surface area contributed by atoms with Gasteiger partial charge in [0.2, 0.25) is 0 Å². The second-order valence-electron chi connectivity index (χ2n) is 7.22. The van der Waals surface area contributed by atoms with Crippen molar-refractivity contribution in [2.75, 3.05) is 0 Å². The standard InChI is InChI=1S/C26H14BrCl/c27-15-9-11-22-23(13-15)19-12-10-16(28)14-24(19)26-21-8-4-2-6-18(21)17-5-1-3-7-20(17)25(22)26/h1-14H. The van der Waals surface area contributed by atoms with Crippen molar-refractivity contribution in [1.29, 1.82) is 0 Å². The first-order valence-corrected chi connectivity index (χ1v) is 10.4. The highest BCUT2D eigenvalue weighted by molar-refractivity contribution is 9.10. The van der Waals surface area contributed by atoms with E-state index >= 15 is 0 Å². The molecular formula is C26H14BrCl. The molecule has 6 rings (SSSR count). The maximum absolute atomic E-state index is 6.46. The van der Waals surface area contributed by atoms with Gasteiger partial charge in [0, 0.05) is 9.50 Å². The van der Waals surface area contributed by atoms with Crippen LogP contribution < -0.4 is 0 Å². The summed E-state index contributed by atoms with van der Waals surface area (Å²) in [6.07, 6.45) is 0. The van der Waals surface area contributed by atoms with E-state index in [2.05, 4.69) is 94.8 Å². The van der Waals surface area contributed by atoms with E-state index < -0.39 is 0 Å². The predicted molar refractivity (Wildman–Crippen MR) is 127 cm³/mol. The molecule has 0 unspecified atom stereocenters. The summed E-state index contributed by atoms with van der Waals surface area (Å²) in [6, 6.07) is 30.2. The average molecular weight is 442 g/mol. The molecule has 0 atom stereocenters. The van der Waals surface area contributed by atoms with E-state index in [1.54, 1.807) is 0 Å². The van der Waals surface area contributed by atoms with Gasteiger partial charge in [-0.3, -0.25) is 0 Å². The number of rotatable bonds is 0. The van der Waals surface area contributed by atoms with Gasteiger partial charge >= 0.3 is 0 Å². The first-order chi connectivity index (χ1) is 13.7. The zero-order chi connectivity index (χ0) is 18.8. The van der Waals surface area contributed by atoms with Gasteiger partial charge in [-0.05, 0) is 78.1 Å². The van der Waals surface area contributed by atoms with Gasteiger partial charge in [-0.15, -0.1) is 0 Å². The Hall–Kier alpha value is -2.61. The van der Waals surface area contributed by atoms with Crippen LogP contribution in [0.3, 0.4) is 0 Å². The quantitative estimate of drug-likeness (QED) is 0.206. The predicted octanol–water partition coefficient (Wildman–Crippen LogP) is 8.87. The molecule has 0 amide bonds. The Balaban J connectivity index is 2.11. The molecule has 0 spiro atoms. The molecule has 0 saturated carbocycles. The summed E-state index contributed by atoms with van der Waals surface area (Å²) in [5.74, 6) is 0. The summed E-state index contributed by atoms with van der Waals surface area (Å²) in [4.78, 5) is 0.